The summed E-state index contributed by atoms with van der Waals surface area (Å²) in [5.41, 5.74) is 1.98. The van der Waals surface area contributed by atoms with Gasteiger partial charge in [-0.15, -0.1) is 0 Å². The first-order valence-electron chi connectivity index (χ1n) is 8.42. The molecule has 0 saturated carbocycles. The molecule has 0 N–H and O–H groups in total. The fraction of sp³-hybridized carbons (Fsp3) is 0.421. The lowest BCUT2D eigenvalue weighted by Crippen LogP contribution is -2.46. The van der Waals surface area contributed by atoms with Crippen LogP contribution >= 0.6 is 0 Å². The van der Waals surface area contributed by atoms with E-state index < -0.39 is 0 Å². The number of rotatable bonds is 5. The van der Waals surface area contributed by atoms with Crippen molar-refractivity contribution in [1.29, 1.82) is 0 Å². The van der Waals surface area contributed by atoms with E-state index in [9.17, 15) is 0 Å². The Morgan fingerprint density at radius 2 is 1.71 bits per heavy atom. The second kappa shape index (κ2) is 7.53. The summed E-state index contributed by atoms with van der Waals surface area (Å²) < 4.78 is 10.7. The largest absolute Gasteiger partial charge is 0.493 e. The molecule has 5 heteroatoms. The molecule has 0 radical (unpaired) electrons. The molecule has 1 aromatic heterocycles. The highest BCUT2D eigenvalue weighted by atomic mass is 16.5. The summed E-state index contributed by atoms with van der Waals surface area (Å²) in [4.78, 5) is 9.68. The zero-order chi connectivity index (χ0) is 16.9. The van der Waals surface area contributed by atoms with Gasteiger partial charge in [-0.25, -0.2) is 4.98 Å². The number of aromatic nitrogens is 1. The van der Waals surface area contributed by atoms with E-state index in [-0.39, 0.29) is 0 Å². The van der Waals surface area contributed by atoms with Gasteiger partial charge >= 0.3 is 0 Å². The van der Waals surface area contributed by atoms with E-state index in [4.69, 9.17) is 14.5 Å². The van der Waals surface area contributed by atoms with Crippen LogP contribution in [0.1, 0.15) is 6.92 Å². The SMILES string of the molecule is CCN1CCN(c2cccc(-c3ccc(OC)c(OC)c3)n2)CC1. The van der Waals surface area contributed by atoms with Crippen molar-refractivity contribution >= 4 is 5.82 Å². The normalized spacial score (nSPS) is 15.4. The highest BCUT2D eigenvalue weighted by molar-refractivity contribution is 5.65. The number of hydrogen-bond donors (Lipinski definition) is 0. The van der Waals surface area contributed by atoms with Crippen LogP contribution < -0.4 is 14.4 Å². The van der Waals surface area contributed by atoms with Crippen LogP contribution in [0.4, 0.5) is 5.82 Å². The number of pyridine rings is 1. The van der Waals surface area contributed by atoms with Gasteiger partial charge in [0.1, 0.15) is 5.82 Å². The van der Waals surface area contributed by atoms with Gasteiger partial charge in [0.15, 0.2) is 11.5 Å². The lowest BCUT2D eigenvalue weighted by atomic mass is 10.1. The van der Waals surface area contributed by atoms with Crippen molar-refractivity contribution in [2.75, 3.05) is 51.8 Å². The van der Waals surface area contributed by atoms with Crippen molar-refractivity contribution in [1.82, 2.24) is 9.88 Å². The molecule has 0 unspecified atom stereocenters. The van der Waals surface area contributed by atoms with Crippen molar-refractivity contribution in [2.24, 2.45) is 0 Å². The van der Waals surface area contributed by atoms with Crippen molar-refractivity contribution in [3.63, 3.8) is 0 Å². The second-order valence-corrected chi connectivity index (χ2v) is 5.87. The van der Waals surface area contributed by atoms with Crippen LogP contribution in [-0.2, 0) is 0 Å². The average molecular weight is 327 g/mol. The number of methoxy groups -OCH3 is 2. The monoisotopic (exact) mass is 327 g/mol. The van der Waals surface area contributed by atoms with Crippen LogP contribution in [0.3, 0.4) is 0 Å². The standard InChI is InChI=1S/C19H25N3O2/c1-4-21-10-12-22(13-11-21)19-7-5-6-16(20-19)15-8-9-17(23-2)18(14-15)24-3/h5-9,14H,4,10-13H2,1-3H3. The Morgan fingerprint density at radius 1 is 0.958 bits per heavy atom. The highest BCUT2D eigenvalue weighted by Crippen LogP contribution is 2.32. The van der Waals surface area contributed by atoms with Crippen LogP contribution in [-0.4, -0.2) is 56.8 Å². The number of piperazine rings is 1. The smallest absolute Gasteiger partial charge is 0.161 e. The maximum absolute atomic E-state index is 5.40. The molecule has 128 valence electrons. The minimum absolute atomic E-state index is 0.721. The summed E-state index contributed by atoms with van der Waals surface area (Å²) in [6, 6.07) is 12.1. The molecule has 3 rings (SSSR count). The maximum Gasteiger partial charge on any atom is 0.161 e. The van der Waals surface area contributed by atoms with E-state index in [1.165, 1.54) is 0 Å². The first-order valence-corrected chi connectivity index (χ1v) is 8.42. The van der Waals surface area contributed by atoms with Crippen LogP contribution in [0, 0.1) is 0 Å². The summed E-state index contributed by atoms with van der Waals surface area (Å²) in [6.45, 7) is 7.57. The van der Waals surface area contributed by atoms with Gasteiger partial charge in [-0.1, -0.05) is 13.0 Å². The predicted molar refractivity (Wildman–Crippen MR) is 97.1 cm³/mol. The third-order valence-electron chi connectivity index (χ3n) is 4.56. The van der Waals surface area contributed by atoms with E-state index in [0.29, 0.717) is 0 Å². The van der Waals surface area contributed by atoms with Crippen LogP contribution in [0.5, 0.6) is 11.5 Å². The minimum Gasteiger partial charge on any atom is -0.493 e. The molecule has 24 heavy (non-hydrogen) atoms. The molecule has 0 atom stereocenters. The summed E-state index contributed by atoms with van der Waals surface area (Å²) in [5, 5.41) is 0. The molecule has 0 spiro atoms. The van der Waals surface area contributed by atoms with Gasteiger partial charge in [0.25, 0.3) is 0 Å². The van der Waals surface area contributed by atoms with E-state index in [0.717, 1.165) is 61.3 Å². The fourth-order valence-electron chi connectivity index (χ4n) is 3.05. The number of hydrogen-bond acceptors (Lipinski definition) is 5. The van der Waals surface area contributed by atoms with E-state index in [1.807, 2.05) is 24.3 Å². The quantitative estimate of drug-likeness (QED) is 0.844. The molecular weight excluding hydrogens is 302 g/mol. The van der Waals surface area contributed by atoms with Crippen molar-refractivity contribution in [3.05, 3.63) is 36.4 Å². The highest BCUT2D eigenvalue weighted by Gasteiger charge is 2.17. The molecular formula is C19H25N3O2. The second-order valence-electron chi connectivity index (χ2n) is 5.87. The molecule has 0 amide bonds. The van der Waals surface area contributed by atoms with E-state index in [1.54, 1.807) is 14.2 Å². The van der Waals surface area contributed by atoms with Crippen molar-refractivity contribution in [2.45, 2.75) is 6.92 Å². The Balaban J connectivity index is 1.83. The maximum atomic E-state index is 5.40. The lowest BCUT2D eigenvalue weighted by Gasteiger charge is -2.34. The third kappa shape index (κ3) is 3.46. The summed E-state index contributed by atoms with van der Waals surface area (Å²) in [6.07, 6.45) is 0. The first-order chi connectivity index (χ1) is 11.7. The van der Waals surface area contributed by atoms with Gasteiger partial charge in [0.05, 0.1) is 19.9 Å². The summed E-state index contributed by atoms with van der Waals surface area (Å²) in [7, 11) is 3.30. The third-order valence-corrected chi connectivity index (χ3v) is 4.56. The Kier molecular flexibility index (Phi) is 5.20. The van der Waals surface area contributed by atoms with E-state index in [2.05, 4.69) is 28.9 Å². The van der Waals surface area contributed by atoms with Crippen LogP contribution in [0.2, 0.25) is 0 Å². The molecule has 1 aliphatic heterocycles. The number of nitrogens with zero attached hydrogens (tertiary/aromatic N) is 3. The predicted octanol–water partition coefficient (Wildman–Crippen LogP) is 2.91. The lowest BCUT2D eigenvalue weighted by molar-refractivity contribution is 0.270. The van der Waals surface area contributed by atoms with Crippen molar-refractivity contribution in [3.8, 4) is 22.8 Å². The van der Waals surface area contributed by atoms with Gasteiger partial charge in [-0.3, -0.25) is 0 Å². The molecule has 1 saturated heterocycles. The Hall–Kier alpha value is -2.27. The topological polar surface area (TPSA) is 37.8 Å². The molecule has 5 nitrogen and oxygen atoms in total. The molecule has 0 aliphatic carbocycles. The van der Waals surface area contributed by atoms with Gasteiger partial charge in [0.2, 0.25) is 0 Å². The molecule has 1 aromatic carbocycles. The van der Waals surface area contributed by atoms with Gasteiger partial charge in [-0.2, -0.15) is 0 Å². The van der Waals surface area contributed by atoms with Crippen molar-refractivity contribution < 1.29 is 9.47 Å². The van der Waals surface area contributed by atoms with Crippen LogP contribution in [0.25, 0.3) is 11.3 Å². The molecule has 2 aromatic rings. The van der Waals surface area contributed by atoms with Crippen LogP contribution in [0.15, 0.2) is 36.4 Å². The van der Waals surface area contributed by atoms with Gasteiger partial charge in [0, 0.05) is 31.7 Å². The first kappa shape index (κ1) is 16.6. The van der Waals surface area contributed by atoms with Gasteiger partial charge in [-0.05, 0) is 36.9 Å². The summed E-state index contributed by atoms with van der Waals surface area (Å²) >= 11 is 0. The fourth-order valence-corrected chi connectivity index (χ4v) is 3.05. The average Bonchev–Trinajstić information content (AvgIpc) is 2.67. The number of anilines is 1. The Bertz CT molecular complexity index is 682. The zero-order valence-electron chi connectivity index (χ0n) is 14.7. The molecule has 1 aliphatic rings. The minimum atomic E-state index is 0.721. The molecule has 2 heterocycles. The molecule has 0 bridgehead atoms. The Labute approximate surface area is 143 Å². The Morgan fingerprint density at radius 3 is 2.38 bits per heavy atom. The summed E-state index contributed by atoms with van der Waals surface area (Å²) in [5.74, 6) is 2.49. The number of likely N-dealkylation sites (N-methyl/N-ethyl adjacent to an activating group) is 1. The van der Waals surface area contributed by atoms with Gasteiger partial charge < -0.3 is 19.3 Å². The molecule has 1 fully saturated rings. The van der Waals surface area contributed by atoms with E-state index >= 15 is 0 Å². The number of ether oxygens (including phenoxy) is 2. The zero-order valence-corrected chi connectivity index (χ0v) is 14.7. The number of benzene rings is 1.